The minimum atomic E-state index is -4.27. The molecule has 1 aliphatic carbocycles. The van der Waals surface area contributed by atoms with Crippen LogP contribution in [0.3, 0.4) is 0 Å². The molecule has 1 saturated carbocycles. The van der Waals surface area contributed by atoms with Crippen LogP contribution in [0.25, 0.3) is 0 Å². The van der Waals surface area contributed by atoms with Crippen molar-refractivity contribution in [1.82, 2.24) is 4.90 Å². The zero-order valence-corrected chi connectivity index (χ0v) is 11.7. The highest BCUT2D eigenvalue weighted by atomic mass is 32.1. The van der Waals surface area contributed by atoms with E-state index >= 15 is 0 Å². The Hall–Kier alpha value is -0.590. The zero-order chi connectivity index (χ0) is 14.0. The number of hydrogen-bond acceptors (Lipinski definition) is 3. The Kier molecular flexibility index (Phi) is 4.53. The largest absolute Gasteiger partial charge is 0.405 e. The topological polar surface area (TPSA) is 29.3 Å². The average molecular weight is 292 g/mol. The van der Waals surface area contributed by atoms with Crippen LogP contribution in [0, 0.1) is 0 Å². The van der Waals surface area contributed by atoms with Gasteiger partial charge in [0.25, 0.3) is 0 Å². The molecule has 0 aromatic carbocycles. The molecule has 2 atom stereocenters. The van der Waals surface area contributed by atoms with Gasteiger partial charge in [0.1, 0.15) is 6.04 Å². The first-order valence-corrected chi connectivity index (χ1v) is 7.42. The fraction of sp³-hybridized carbons (Fsp3) is 0.692. The Morgan fingerprint density at radius 1 is 1.47 bits per heavy atom. The second-order valence-electron chi connectivity index (χ2n) is 5.04. The monoisotopic (exact) mass is 292 g/mol. The van der Waals surface area contributed by atoms with E-state index in [-0.39, 0.29) is 6.04 Å². The summed E-state index contributed by atoms with van der Waals surface area (Å²) in [5.74, 6) is 0. The fourth-order valence-corrected chi connectivity index (χ4v) is 3.06. The lowest BCUT2D eigenvalue weighted by Gasteiger charge is -2.36. The molecule has 2 rings (SSSR count). The van der Waals surface area contributed by atoms with Gasteiger partial charge in [0.05, 0.1) is 0 Å². The normalized spacial score (nSPS) is 19.7. The van der Waals surface area contributed by atoms with Crippen molar-refractivity contribution >= 4 is 11.3 Å². The zero-order valence-electron chi connectivity index (χ0n) is 10.9. The number of thiophene rings is 1. The minimum absolute atomic E-state index is 0.0336. The van der Waals surface area contributed by atoms with Crippen molar-refractivity contribution in [2.75, 3.05) is 0 Å². The second-order valence-corrected chi connectivity index (χ2v) is 6.07. The van der Waals surface area contributed by atoms with E-state index in [2.05, 4.69) is 0 Å². The smallest absolute Gasteiger partial charge is 0.326 e. The molecule has 0 amide bonds. The predicted molar refractivity (Wildman–Crippen MR) is 71.0 cm³/mol. The summed E-state index contributed by atoms with van der Waals surface area (Å²) in [5.41, 5.74) is 5.74. The molecule has 2 nitrogen and oxygen atoms in total. The molecule has 0 saturated heterocycles. The van der Waals surface area contributed by atoms with Crippen LogP contribution >= 0.6 is 11.3 Å². The minimum Gasteiger partial charge on any atom is -0.326 e. The van der Waals surface area contributed by atoms with Gasteiger partial charge in [-0.25, -0.2) is 0 Å². The van der Waals surface area contributed by atoms with Crippen molar-refractivity contribution in [3.63, 3.8) is 0 Å². The third kappa shape index (κ3) is 3.70. The second kappa shape index (κ2) is 5.81. The molecule has 108 valence electrons. The van der Waals surface area contributed by atoms with Crippen LogP contribution in [0.5, 0.6) is 0 Å². The fourth-order valence-electron chi connectivity index (χ4n) is 2.34. The molecule has 1 aromatic rings. The summed E-state index contributed by atoms with van der Waals surface area (Å²) < 4.78 is 39.9. The Balaban J connectivity index is 2.19. The number of hydrogen-bond donors (Lipinski definition) is 1. The van der Waals surface area contributed by atoms with Crippen molar-refractivity contribution in [2.24, 2.45) is 5.73 Å². The van der Waals surface area contributed by atoms with Crippen LogP contribution in [0.4, 0.5) is 13.2 Å². The highest BCUT2D eigenvalue weighted by Crippen LogP contribution is 2.37. The van der Waals surface area contributed by atoms with Gasteiger partial charge in [-0.15, -0.1) is 11.3 Å². The predicted octanol–water partition coefficient (Wildman–Crippen LogP) is 3.38. The molecule has 19 heavy (non-hydrogen) atoms. The third-order valence-electron chi connectivity index (χ3n) is 3.50. The molecule has 0 radical (unpaired) electrons. The molecular weight excluding hydrogens is 273 g/mol. The lowest BCUT2D eigenvalue weighted by Crippen LogP contribution is -2.56. The van der Waals surface area contributed by atoms with Crippen LogP contribution in [-0.4, -0.2) is 29.2 Å². The summed E-state index contributed by atoms with van der Waals surface area (Å²) in [4.78, 5) is 2.52. The van der Waals surface area contributed by atoms with Crippen LogP contribution in [-0.2, 0) is 6.54 Å². The van der Waals surface area contributed by atoms with Crippen molar-refractivity contribution in [3.8, 4) is 0 Å². The van der Waals surface area contributed by atoms with E-state index in [0.717, 1.165) is 17.7 Å². The molecule has 2 unspecified atom stereocenters. The molecule has 6 heteroatoms. The highest BCUT2D eigenvalue weighted by molar-refractivity contribution is 7.09. The summed E-state index contributed by atoms with van der Waals surface area (Å²) in [5, 5.41) is 1.89. The van der Waals surface area contributed by atoms with Crippen LogP contribution in [0.15, 0.2) is 17.5 Å². The van der Waals surface area contributed by atoms with Gasteiger partial charge in [0.2, 0.25) is 0 Å². The van der Waals surface area contributed by atoms with Gasteiger partial charge < -0.3 is 5.73 Å². The van der Waals surface area contributed by atoms with Crippen molar-refractivity contribution in [3.05, 3.63) is 22.4 Å². The Morgan fingerprint density at radius 2 is 2.16 bits per heavy atom. The Morgan fingerprint density at radius 3 is 2.58 bits per heavy atom. The molecule has 0 aliphatic heterocycles. The summed E-state index contributed by atoms with van der Waals surface area (Å²) in [6, 6.07) is 1.39. The first kappa shape index (κ1) is 14.8. The number of rotatable bonds is 6. The third-order valence-corrected chi connectivity index (χ3v) is 4.37. The molecule has 1 aliphatic rings. The maximum Gasteiger partial charge on any atom is 0.405 e. The first-order chi connectivity index (χ1) is 8.93. The van der Waals surface area contributed by atoms with E-state index in [1.807, 2.05) is 17.5 Å². The first-order valence-electron chi connectivity index (χ1n) is 6.54. The maximum absolute atomic E-state index is 13.3. The summed E-state index contributed by atoms with van der Waals surface area (Å²) in [6.45, 7) is 2.06. The SMILES string of the molecule is CCC(N)C(N(Cc1cccs1)C1CC1)C(F)(F)F. The lowest BCUT2D eigenvalue weighted by atomic mass is 10.0. The van der Waals surface area contributed by atoms with Gasteiger partial charge in [-0.3, -0.25) is 4.90 Å². The quantitative estimate of drug-likeness (QED) is 0.871. The van der Waals surface area contributed by atoms with Crippen molar-refractivity contribution in [1.29, 1.82) is 0 Å². The Bertz CT molecular complexity index is 387. The van der Waals surface area contributed by atoms with Gasteiger partial charge in [-0.1, -0.05) is 13.0 Å². The van der Waals surface area contributed by atoms with E-state index in [1.54, 1.807) is 11.8 Å². The molecule has 2 N–H and O–H groups in total. The molecule has 1 fully saturated rings. The van der Waals surface area contributed by atoms with Crippen LogP contribution in [0.1, 0.15) is 31.1 Å². The van der Waals surface area contributed by atoms with E-state index in [9.17, 15) is 13.2 Å². The maximum atomic E-state index is 13.3. The standard InChI is InChI=1S/C13H19F3N2S/c1-2-11(17)12(13(14,15)16)18(9-5-6-9)8-10-4-3-7-19-10/h3-4,7,9,11-12H,2,5-6,8,17H2,1H3. The summed E-state index contributed by atoms with van der Waals surface area (Å²) in [7, 11) is 0. The van der Waals surface area contributed by atoms with Gasteiger partial charge >= 0.3 is 6.18 Å². The number of halogens is 3. The molecule has 0 bridgehead atoms. The number of alkyl halides is 3. The average Bonchev–Trinajstić information content (AvgIpc) is 3.05. The van der Waals surface area contributed by atoms with Crippen LogP contribution in [0.2, 0.25) is 0 Å². The molecular formula is C13H19F3N2S. The highest BCUT2D eigenvalue weighted by Gasteiger charge is 2.50. The van der Waals surface area contributed by atoms with Gasteiger partial charge in [0.15, 0.2) is 0 Å². The lowest BCUT2D eigenvalue weighted by molar-refractivity contribution is -0.192. The Labute approximate surface area is 115 Å². The molecule has 0 spiro atoms. The number of nitrogens with zero attached hydrogens (tertiary/aromatic N) is 1. The van der Waals surface area contributed by atoms with Gasteiger partial charge in [-0.2, -0.15) is 13.2 Å². The van der Waals surface area contributed by atoms with Crippen molar-refractivity contribution < 1.29 is 13.2 Å². The summed E-state index contributed by atoms with van der Waals surface area (Å²) in [6.07, 6.45) is -2.25. The molecule has 1 aromatic heterocycles. The van der Waals surface area contributed by atoms with Crippen molar-refractivity contribution in [2.45, 2.75) is 57.0 Å². The van der Waals surface area contributed by atoms with E-state index in [4.69, 9.17) is 5.73 Å². The number of nitrogens with two attached hydrogens (primary N) is 1. The van der Waals surface area contributed by atoms with E-state index in [0.29, 0.717) is 13.0 Å². The molecule has 1 heterocycles. The van der Waals surface area contributed by atoms with Gasteiger partial charge in [-0.05, 0) is 30.7 Å². The van der Waals surface area contributed by atoms with Gasteiger partial charge in [0, 0.05) is 23.5 Å². The van der Waals surface area contributed by atoms with E-state index < -0.39 is 18.3 Å². The summed E-state index contributed by atoms with van der Waals surface area (Å²) >= 11 is 1.49. The van der Waals surface area contributed by atoms with Crippen LogP contribution < -0.4 is 5.73 Å². The van der Waals surface area contributed by atoms with E-state index in [1.165, 1.54) is 11.3 Å².